The minimum atomic E-state index is -0.570. The molecule has 0 aromatic heterocycles. The van der Waals surface area contributed by atoms with Crippen molar-refractivity contribution in [3.63, 3.8) is 0 Å². The molecule has 0 fully saturated rings. The molecule has 5 aromatic carbocycles. The van der Waals surface area contributed by atoms with Gasteiger partial charge < -0.3 is 44.2 Å². The molecule has 0 radical (unpaired) electrons. The van der Waals surface area contributed by atoms with E-state index >= 15 is 0 Å². The van der Waals surface area contributed by atoms with Crippen LogP contribution >= 0.6 is 49.6 Å². The van der Waals surface area contributed by atoms with Gasteiger partial charge in [0, 0.05) is 96.7 Å². The third kappa shape index (κ3) is 31.3. The Morgan fingerprint density at radius 3 is 1.04 bits per heavy atom. The number of halogens is 5. The second-order valence-corrected chi connectivity index (χ2v) is 16.0. The minimum absolute atomic E-state index is 0. The van der Waals surface area contributed by atoms with Crippen molar-refractivity contribution >= 4 is 101 Å². The van der Waals surface area contributed by atoms with Crippen LogP contribution in [0.2, 0.25) is 0 Å². The van der Waals surface area contributed by atoms with E-state index in [1.165, 1.54) is 37.1 Å². The number of nitrogens with two attached hydrogens (primary N) is 4. The maximum Gasteiger partial charge on any atom is 0.269 e. The van der Waals surface area contributed by atoms with E-state index in [-0.39, 0.29) is 66.7 Å². The van der Waals surface area contributed by atoms with Gasteiger partial charge in [-0.3, -0.25) is 30.3 Å². The van der Waals surface area contributed by atoms with Crippen molar-refractivity contribution in [3.05, 3.63) is 157 Å². The summed E-state index contributed by atoms with van der Waals surface area (Å²) in [5, 5.41) is 44.6. The molecule has 22 heteroatoms. The van der Waals surface area contributed by atoms with Crippen molar-refractivity contribution in [2.45, 2.75) is 59.3 Å². The number of nitrogens with zero attached hydrogens (tertiary/aromatic N) is 3. The highest BCUT2D eigenvalue weighted by atomic mass is 35.5. The molecule has 5 rings (SSSR count). The number of anilines is 6. The number of nitrogens with one attached hydrogen (secondary N) is 4. The van der Waals surface area contributed by atoms with Crippen LogP contribution in [0.25, 0.3) is 0 Å². The van der Waals surface area contributed by atoms with E-state index in [0.717, 1.165) is 123 Å². The van der Waals surface area contributed by atoms with Crippen LogP contribution in [0.1, 0.15) is 59.3 Å². The molecule has 0 aliphatic rings. The van der Waals surface area contributed by atoms with Crippen LogP contribution in [0.3, 0.4) is 0 Å². The molecule has 0 aliphatic carbocycles. The zero-order valence-corrected chi connectivity index (χ0v) is 43.1. The molecular weight excluding hydrogens is 987 g/mol. The number of hydrogen-bond donors (Lipinski definition) is 8. The van der Waals surface area contributed by atoms with Crippen molar-refractivity contribution < 1.29 is 19.2 Å². The quantitative estimate of drug-likeness (QED) is 0.0131. The number of non-ortho nitro benzene ring substituents is 3. The highest BCUT2D eigenvalue weighted by Gasteiger charge is 2.08. The first-order valence-corrected chi connectivity index (χ1v) is 22.1. The van der Waals surface area contributed by atoms with E-state index in [1.54, 1.807) is 24.3 Å². The summed E-state index contributed by atoms with van der Waals surface area (Å²) in [4.78, 5) is 29.8. The molecule has 0 saturated heterocycles. The van der Waals surface area contributed by atoms with E-state index in [2.05, 4.69) is 42.0 Å². The van der Waals surface area contributed by atoms with Gasteiger partial charge in [0.1, 0.15) is 5.82 Å². The monoisotopic (exact) mass is 1060 g/mol. The van der Waals surface area contributed by atoms with Crippen molar-refractivity contribution in [1.82, 2.24) is 0 Å². The zero-order chi connectivity index (χ0) is 48.7. The molecule has 70 heavy (non-hydrogen) atoms. The Hall–Kier alpha value is -5.89. The van der Waals surface area contributed by atoms with Crippen LogP contribution in [-0.4, -0.2) is 54.0 Å². The Kier molecular flexibility index (Phi) is 39.0. The number of nitro benzene ring substituents is 3. The maximum absolute atomic E-state index is 12.1. The Balaban J connectivity index is -0.000000919. The third-order valence-electron chi connectivity index (χ3n) is 10.0. The first-order valence-electron chi connectivity index (χ1n) is 22.1. The summed E-state index contributed by atoms with van der Waals surface area (Å²) in [5.41, 5.74) is 27.7. The molecule has 0 bridgehead atoms. The molecule has 0 spiro atoms. The predicted molar refractivity (Wildman–Crippen MR) is 297 cm³/mol. The highest BCUT2D eigenvalue weighted by molar-refractivity contribution is 5.86. The van der Waals surface area contributed by atoms with Gasteiger partial charge in [-0.15, -0.1) is 49.6 Å². The number of nitrogen functional groups attached to an aromatic ring is 2. The van der Waals surface area contributed by atoms with Gasteiger partial charge in [0.25, 0.3) is 17.1 Å². The van der Waals surface area contributed by atoms with Gasteiger partial charge >= 0.3 is 0 Å². The second kappa shape index (κ2) is 39.9. The fourth-order valence-corrected chi connectivity index (χ4v) is 5.91. The topological polar surface area (TPSA) is 282 Å². The fraction of sp³-hybridized carbons (Fsp3) is 0.375. The van der Waals surface area contributed by atoms with Gasteiger partial charge in [-0.05, 0) is 154 Å². The summed E-state index contributed by atoms with van der Waals surface area (Å²) in [6, 6.07) is 32.9. The van der Waals surface area contributed by atoms with Crippen LogP contribution in [0.15, 0.2) is 121 Å². The van der Waals surface area contributed by atoms with Crippen molar-refractivity contribution in [2.75, 3.05) is 72.0 Å². The average molecular weight is 1060 g/mol. The molecule has 390 valence electrons. The van der Waals surface area contributed by atoms with Gasteiger partial charge in [0.2, 0.25) is 0 Å². The van der Waals surface area contributed by atoms with E-state index in [0.29, 0.717) is 17.8 Å². The summed E-state index contributed by atoms with van der Waals surface area (Å²) in [7, 11) is 0. The van der Waals surface area contributed by atoms with Gasteiger partial charge in [-0.25, -0.2) is 4.39 Å². The van der Waals surface area contributed by atoms with E-state index in [1.807, 2.05) is 48.5 Å². The predicted octanol–water partition coefficient (Wildman–Crippen LogP) is 12.0. The van der Waals surface area contributed by atoms with Gasteiger partial charge in [0.05, 0.1) is 14.8 Å². The molecule has 17 nitrogen and oxygen atoms in total. The molecule has 0 amide bonds. The summed E-state index contributed by atoms with van der Waals surface area (Å²) < 4.78 is 12.1. The lowest BCUT2D eigenvalue weighted by atomic mass is 10.1. The van der Waals surface area contributed by atoms with Gasteiger partial charge in [-0.1, -0.05) is 20.8 Å². The smallest absolute Gasteiger partial charge is 0.269 e. The average Bonchev–Trinajstić information content (AvgIpc) is 3.31. The lowest BCUT2D eigenvalue weighted by Gasteiger charge is -2.14. The summed E-state index contributed by atoms with van der Waals surface area (Å²) in [5.74, 6) is 1.26. The number of rotatable bonds is 23. The highest BCUT2D eigenvalue weighted by Crippen LogP contribution is 2.19. The molecular formula is C48H72Cl4FN11O6. The van der Waals surface area contributed by atoms with Crippen LogP contribution in [0, 0.1) is 53.9 Å². The third-order valence-corrected chi connectivity index (χ3v) is 10.0. The van der Waals surface area contributed by atoms with E-state index in [9.17, 15) is 34.7 Å². The largest absolute Gasteiger partial charge is 0.399 e. The first kappa shape index (κ1) is 68.4. The molecule has 0 aliphatic heterocycles. The molecule has 3 unspecified atom stereocenters. The van der Waals surface area contributed by atoms with Gasteiger partial charge in [0.15, 0.2) is 0 Å². The summed E-state index contributed by atoms with van der Waals surface area (Å²) in [6.45, 7) is 11.7. The zero-order valence-electron chi connectivity index (χ0n) is 39.9. The van der Waals surface area contributed by atoms with Crippen molar-refractivity contribution in [1.29, 1.82) is 0 Å². The first-order chi connectivity index (χ1) is 31.6. The van der Waals surface area contributed by atoms with Crippen LogP contribution < -0.4 is 44.2 Å². The Labute approximate surface area is 436 Å². The molecule has 5 aromatic rings. The minimum Gasteiger partial charge on any atom is -0.399 e. The van der Waals surface area contributed by atoms with Crippen molar-refractivity contribution in [2.24, 2.45) is 29.2 Å². The molecule has 0 saturated carbocycles. The molecule has 12 N–H and O–H groups in total. The van der Waals surface area contributed by atoms with E-state index < -0.39 is 20.6 Å². The molecule has 3 atom stereocenters. The normalized spacial score (nSPS) is 10.9. The van der Waals surface area contributed by atoms with Gasteiger partial charge in [-0.2, -0.15) is 0 Å². The molecule has 0 heterocycles. The number of hydrogen-bond acceptors (Lipinski definition) is 14. The standard InChI is InChI=1S/C18H22N4O4.C18H26N4.C6H4FNO2.C6H16N2.4ClH/c1-14(13-20-16-6-10-18(11-7-16)22(25)26)3-2-12-19-15-4-8-17(9-5-15)21(23)24;1-14(13-22-18-10-6-16(20)7-11-18)3-2-12-21-17-8-4-15(19)5-9-17;7-5-1-3-6(4-2-5)8(9)10;1-6(5-8)3-2-4-7;;;;/h4-11,14,19-20H,2-3,12-13H2,1H3;4-11,14,21-22H,2-3,12-13,19-20H2,1H3;1-4H;6H,2-5,7-8H2,1H3;4*1H. The maximum atomic E-state index is 12.1. The van der Waals surface area contributed by atoms with E-state index in [4.69, 9.17) is 22.9 Å². The fourth-order valence-electron chi connectivity index (χ4n) is 5.91. The Morgan fingerprint density at radius 2 is 0.743 bits per heavy atom. The number of benzene rings is 5. The van der Waals surface area contributed by atoms with Crippen LogP contribution in [-0.2, 0) is 0 Å². The summed E-state index contributed by atoms with van der Waals surface area (Å²) >= 11 is 0. The van der Waals surface area contributed by atoms with Crippen LogP contribution in [0.4, 0.5) is 55.6 Å². The van der Waals surface area contributed by atoms with Crippen molar-refractivity contribution in [3.8, 4) is 0 Å². The summed E-state index contributed by atoms with van der Waals surface area (Å²) in [6.07, 6.45) is 6.60. The lowest BCUT2D eigenvalue weighted by molar-refractivity contribution is -0.385. The lowest BCUT2D eigenvalue weighted by Crippen LogP contribution is -2.13. The van der Waals surface area contributed by atoms with Crippen LogP contribution in [0.5, 0.6) is 0 Å². The SMILES string of the molecule is CC(CCCNc1ccc(N)cc1)CNc1ccc(N)cc1.CC(CCCNc1ccc([N+](=O)[O-])cc1)CNc1ccc([N+](=O)[O-])cc1.CC(CN)CCCN.Cl.Cl.Cl.Cl.O=[N+]([O-])c1ccc(F)cc1. The Morgan fingerprint density at radius 1 is 0.457 bits per heavy atom. The number of nitro groups is 3. The second-order valence-electron chi connectivity index (χ2n) is 16.0. The Bertz CT molecular complexity index is 2120.